The van der Waals surface area contributed by atoms with Crippen molar-refractivity contribution in [2.45, 2.75) is 102 Å². The SMILES string of the molecule is COC(=O)C1CC2(CCc3c(c(CCCCCC4CC4O)nc4ccc(OC)cc34)O2)CN1C(=O)OC(C)(C)C. The monoisotopic (exact) mass is 554 g/mol. The quantitative estimate of drug-likeness (QED) is 0.360. The highest BCUT2D eigenvalue weighted by Gasteiger charge is 2.53. The number of methoxy groups -OCH3 is 2. The van der Waals surface area contributed by atoms with Crippen molar-refractivity contribution in [3.8, 4) is 11.5 Å². The lowest BCUT2D eigenvalue weighted by atomic mass is 9.86. The number of amides is 1. The molecule has 9 heteroatoms. The third-order valence-electron chi connectivity index (χ3n) is 8.34. The topological polar surface area (TPSA) is 107 Å². The van der Waals surface area contributed by atoms with Crippen molar-refractivity contribution < 1.29 is 33.6 Å². The maximum atomic E-state index is 13.1. The van der Waals surface area contributed by atoms with E-state index in [1.165, 1.54) is 12.0 Å². The Hall–Kier alpha value is -3.07. The van der Waals surface area contributed by atoms with Crippen molar-refractivity contribution in [1.29, 1.82) is 0 Å². The van der Waals surface area contributed by atoms with Crippen LogP contribution in [0.15, 0.2) is 18.2 Å². The first-order valence-electron chi connectivity index (χ1n) is 14.5. The molecule has 0 bridgehead atoms. The summed E-state index contributed by atoms with van der Waals surface area (Å²) in [6, 6.07) is 5.14. The Morgan fingerprint density at radius 2 is 1.98 bits per heavy atom. The van der Waals surface area contributed by atoms with E-state index in [4.69, 9.17) is 23.9 Å². The van der Waals surface area contributed by atoms with Gasteiger partial charge < -0.3 is 24.1 Å². The van der Waals surface area contributed by atoms with Crippen LogP contribution in [0.2, 0.25) is 0 Å². The zero-order valence-corrected chi connectivity index (χ0v) is 24.3. The second kappa shape index (κ2) is 11.1. The van der Waals surface area contributed by atoms with Crippen LogP contribution in [-0.4, -0.2) is 71.2 Å². The Morgan fingerprint density at radius 3 is 2.65 bits per heavy atom. The van der Waals surface area contributed by atoms with Gasteiger partial charge in [0, 0.05) is 17.4 Å². The highest BCUT2D eigenvalue weighted by Crippen LogP contribution is 2.46. The third-order valence-corrected chi connectivity index (χ3v) is 8.34. The molecule has 9 nitrogen and oxygen atoms in total. The molecule has 5 rings (SSSR count). The molecule has 0 radical (unpaired) electrons. The minimum absolute atomic E-state index is 0.101. The molecule has 3 heterocycles. The maximum absolute atomic E-state index is 13.1. The number of aliphatic hydroxyl groups excluding tert-OH is 1. The fourth-order valence-corrected chi connectivity index (χ4v) is 6.11. The van der Waals surface area contributed by atoms with Gasteiger partial charge in [-0.3, -0.25) is 4.90 Å². The van der Waals surface area contributed by atoms with Crippen LogP contribution in [-0.2, 0) is 27.1 Å². The summed E-state index contributed by atoms with van der Waals surface area (Å²) in [4.78, 5) is 32.4. The minimum atomic E-state index is -0.781. The number of hydrogen-bond acceptors (Lipinski definition) is 8. The van der Waals surface area contributed by atoms with E-state index in [1.807, 2.05) is 18.2 Å². The first-order chi connectivity index (χ1) is 19.0. The smallest absolute Gasteiger partial charge is 0.411 e. The van der Waals surface area contributed by atoms with E-state index < -0.39 is 29.3 Å². The van der Waals surface area contributed by atoms with Gasteiger partial charge in [0.05, 0.1) is 38.1 Å². The highest BCUT2D eigenvalue weighted by molar-refractivity contribution is 5.87. The number of nitrogens with zero attached hydrogens (tertiary/aromatic N) is 2. The van der Waals surface area contributed by atoms with Crippen molar-refractivity contribution in [2.75, 3.05) is 20.8 Å². The zero-order valence-electron chi connectivity index (χ0n) is 24.3. The van der Waals surface area contributed by atoms with E-state index in [2.05, 4.69) is 0 Å². The number of hydrogen-bond donors (Lipinski definition) is 1. The lowest BCUT2D eigenvalue weighted by Crippen LogP contribution is -2.46. The summed E-state index contributed by atoms with van der Waals surface area (Å²) in [6.45, 7) is 5.66. The molecule has 1 N–H and O–H groups in total. The van der Waals surface area contributed by atoms with E-state index in [1.54, 1.807) is 27.9 Å². The zero-order chi connectivity index (χ0) is 28.7. The normalized spacial score (nSPS) is 25.4. The fraction of sp³-hybridized carbons (Fsp3) is 0.645. The van der Waals surface area contributed by atoms with Gasteiger partial charge in [-0.05, 0) is 83.4 Å². The number of unbranched alkanes of at least 4 members (excludes halogenated alkanes) is 2. The number of aliphatic hydroxyl groups is 1. The van der Waals surface area contributed by atoms with Crippen LogP contribution in [0, 0.1) is 5.92 Å². The average Bonchev–Trinajstić information content (AvgIpc) is 3.50. The number of aryl methyl sites for hydroxylation is 2. The Kier molecular flexibility index (Phi) is 7.88. The number of rotatable bonds is 8. The van der Waals surface area contributed by atoms with Crippen LogP contribution in [0.3, 0.4) is 0 Å². The number of esters is 1. The summed E-state index contributed by atoms with van der Waals surface area (Å²) in [7, 11) is 2.99. The Bertz CT molecular complexity index is 1270. The van der Waals surface area contributed by atoms with Crippen molar-refractivity contribution in [3.05, 3.63) is 29.5 Å². The number of carbonyl (C=O) groups is 2. The van der Waals surface area contributed by atoms with Gasteiger partial charge in [0.25, 0.3) is 0 Å². The van der Waals surface area contributed by atoms with Gasteiger partial charge in [0.2, 0.25) is 0 Å². The van der Waals surface area contributed by atoms with Gasteiger partial charge in [-0.15, -0.1) is 0 Å². The molecule has 1 saturated carbocycles. The standard InChI is InChI=1S/C31H42N2O7/c1-30(2,3)40-29(36)33-18-31(17-25(33)28(35)38-5)14-13-21-22-16-20(37-4)11-12-23(22)32-24(27(21)39-31)10-8-6-7-9-19-15-26(19)34/h11-12,16,19,25-26,34H,6-10,13-15,17-18H2,1-5H3. The van der Waals surface area contributed by atoms with E-state index >= 15 is 0 Å². The van der Waals surface area contributed by atoms with Crippen LogP contribution in [0.5, 0.6) is 11.5 Å². The molecule has 4 unspecified atom stereocenters. The molecule has 2 fully saturated rings. The molecule has 2 aromatic rings. The van der Waals surface area contributed by atoms with Gasteiger partial charge in [0.1, 0.15) is 28.7 Å². The number of likely N-dealkylation sites (tertiary alicyclic amines) is 1. The molecule has 1 saturated heterocycles. The molecule has 1 amide bonds. The molecule has 4 atom stereocenters. The van der Waals surface area contributed by atoms with Gasteiger partial charge in [0.15, 0.2) is 0 Å². The van der Waals surface area contributed by atoms with Crippen molar-refractivity contribution in [1.82, 2.24) is 9.88 Å². The molecule has 218 valence electrons. The second-order valence-corrected chi connectivity index (χ2v) is 12.5. The number of benzene rings is 1. The molecule has 1 spiro atoms. The predicted molar refractivity (Wildman–Crippen MR) is 150 cm³/mol. The number of carbonyl (C=O) groups excluding carboxylic acids is 2. The Labute approximate surface area is 236 Å². The van der Waals surface area contributed by atoms with Gasteiger partial charge in [-0.1, -0.05) is 12.8 Å². The molecule has 3 aliphatic rings. The van der Waals surface area contributed by atoms with E-state index in [-0.39, 0.29) is 12.6 Å². The molecule has 1 aromatic heterocycles. The first-order valence-corrected chi connectivity index (χ1v) is 14.5. The van der Waals surface area contributed by atoms with Crippen molar-refractivity contribution >= 4 is 23.0 Å². The fourth-order valence-electron chi connectivity index (χ4n) is 6.11. The van der Waals surface area contributed by atoms with Crippen LogP contribution in [0.1, 0.15) is 77.0 Å². The molecule has 1 aliphatic carbocycles. The first kappa shape index (κ1) is 28.5. The lowest BCUT2D eigenvalue weighted by molar-refractivity contribution is -0.145. The predicted octanol–water partition coefficient (Wildman–Crippen LogP) is 4.97. The van der Waals surface area contributed by atoms with Crippen LogP contribution in [0.4, 0.5) is 4.79 Å². The number of pyridine rings is 1. The summed E-state index contributed by atoms with van der Waals surface area (Å²) in [5.41, 5.74) is 1.47. The van der Waals surface area contributed by atoms with Gasteiger partial charge in [-0.25, -0.2) is 14.6 Å². The molecule has 1 aromatic carbocycles. The van der Waals surface area contributed by atoms with Gasteiger partial charge in [-0.2, -0.15) is 0 Å². The van der Waals surface area contributed by atoms with Gasteiger partial charge >= 0.3 is 12.1 Å². The van der Waals surface area contributed by atoms with Crippen molar-refractivity contribution in [3.63, 3.8) is 0 Å². The number of ether oxygens (including phenoxy) is 4. The Morgan fingerprint density at radius 1 is 1.20 bits per heavy atom. The minimum Gasteiger partial charge on any atom is -0.497 e. The van der Waals surface area contributed by atoms with E-state index in [9.17, 15) is 14.7 Å². The summed E-state index contributed by atoms with van der Waals surface area (Å²) >= 11 is 0. The molecular weight excluding hydrogens is 512 g/mol. The average molecular weight is 555 g/mol. The third kappa shape index (κ3) is 5.99. The highest BCUT2D eigenvalue weighted by atomic mass is 16.6. The molecule has 40 heavy (non-hydrogen) atoms. The maximum Gasteiger partial charge on any atom is 0.411 e. The largest absolute Gasteiger partial charge is 0.497 e. The van der Waals surface area contributed by atoms with E-state index in [0.717, 1.165) is 78.6 Å². The van der Waals surface area contributed by atoms with Crippen LogP contribution in [0.25, 0.3) is 10.9 Å². The summed E-state index contributed by atoms with van der Waals surface area (Å²) in [5, 5.41) is 10.6. The Balaban J connectivity index is 1.42. The lowest BCUT2D eigenvalue weighted by Gasteiger charge is -2.37. The molecule has 2 aliphatic heterocycles. The van der Waals surface area contributed by atoms with Crippen LogP contribution < -0.4 is 9.47 Å². The van der Waals surface area contributed by atoms with Crippen LogP contribution >= 0.6 is 0 Å². The number of fused-ring (bicyclic) bond motifs is 3. The summed E-state index contributed by atoms with van der Waals surface area (Å²) in [5.74, 6) is 1.52. The molecular formula is C31H42N2O7. The summed E-state index contributed by atoms with van der Waals surface area (Å²) < 4.78 is 23.1. The van der Waals surface area contributed by atoms with E-state index in [0.29, 0.717) is 18.8 Å². The summed E-state index contributed by atoms with van der Waals surface area (Å²) in [6.07, 6.45) is 6.94. The van der Waals surface area contributed by atoms with Crippen molar-refractivity contribution in [2.24, 2.45) is 5.92 Å². The second-order valence-electron chi connectivity index (χ2n) is 12.5. The number of aromatic nitrogens is 1.